The summed E-state index contributed by atoms with van der Waals surface area (Å²) in [6.45, 7) is 7.95. The van der Waals surface area contributed by atoms with Crippen LogP contribution in [0, 0.1) is 5.92 Å². The predicted octanol–water partition coefficient (Wildman–Crippen LogP) is 2.16. The van der Waals surface area contributed by atoms with Gasteiger partial charge in [0.2, 0.25) is 0 Å². The Morgan fingerprint density at radius 1 is 1.35 bits per heavy atom. The van der Waals surface area contributed by atoms with Crippen molar-refractivity contribution in [3.05, 3.63) is 18.0 Å². The Kier molecular flexibility index (Phi) is 3.87. The maximum atomic E-state index is 4.57. The standard InChI is InChI=1S/C16H28N4/c1-4-16(5-2)12-20(11-14-8-9-19(3)18-14)15(10-17-16)13-6-7-13/h8-9,13,15,17H,4-7,10-12H2,1-3H3. The van der Waals surface area contributed by atoms with Crippen molar-refractivity contribution in [3.8, 4) is 0 Å². The number of rotatable bonds is 5. The highest BCUT2D eigenvalue weighted by atomic mass is 15.3. The number of aromatic nitrogens is 2. The Hall–Kier alpha value is -0.870. The molecule has 1 atom stereocenters. The van der Waals surface area contributed by atoms with Crippen molar-refractivity contribution in [3.63, 3.8) is 0 Å². The van der Waals surface area contributed by atoms with Crippen molar-refractivity contribution in [2.45, 2.75) is 57.7 Å². The van der Waals surface area contributed by atoms with E-state index in [1.807, 2.05) is 11.7 Å². The molecular formula is C16H28N4. The lowest BCUT2D eigenvalue weighted by molar-refractivity contribution is 0.0546. The highest BCUT2D eigenvalue weighted by Crippen LogP contribution is 2.38. The SMILES string of the molecule is CCC1(CC)CN(Cc2ccn(C)n2)C(C2CC2)CN1. The summed E-state index contributed by atoms with van der Waals surface area (Å²) in [6.07, 6.45) is 7.29. The molecule has 4 heteroatoms. The summed E-state index contributed by atoms with van der Waals surface area (Å²) in [7, 11) is 2.00. The molecule has 0 spiro atoms. The normalized spacial score (nSPS) is 26.9. The predicted molar refractivity (Wildman–Crippen MR) is 81.4 cm³/mol. The molecule has 2 heterocycles. The molecule has 2 aliphatic rings. The van der Waals surface area contributed by atoms with Crippen molar-refractivity contribution in [1.29, 1.82) is 0 Å². The Balaban J connectivity index is 1.74. The average molecular weight is 276 g/mol. The van der Waals surface area contributed by atoms with Crippen molar-refractivity contribution >= 4 is 0 Å². The molecule has 0 amide bonds. The minimum Gasteiger partial charge on any atom is -0.308 e. The smallest absolute Gasteiger partial charge is 0.0764 e. The summed E-state index contributed by atoms with van der Waals surface area (Å²) < 4.78 is 1.91. The summed E-state index contributed by atoms with van der Waals surface area (Å²) in [5.41, 5.74) is 1.52. The van der Waals surface area contributed by atoms with E-state index in [2.05, 4.69) is 41.4 Å². The maximum absolute atomic E-state index is 4.57. The van der Waals surface area contributed by atoms with E-state index in [4.69, 9.17) is 0 Å². The van der Waals surface area contributed by atoms with Crippen LogP contribution < -0.4 is 5.32 Å². The number of nitrogens with one attached hydrogen (secondary N) is 1. The van der Waals surface area contributed by atoms with E-state index in [1.54, 1.807) is 0 Å². The van der Waals surface area contributed by atoms with Gasteiger partial charge in [-0.3, -0.25) is 9.58 Å². The molecule has 1 aromatic rings. The minimum atomic E-state index is 0.306. The Bertz CT molecular complexity index is 445. The number of piperazine rings is 1. The third kappa shape index (κ3) is 2.77. The highest BCUT2D eigenvalue weighted by Gasteiger charge is 2.43. The molecule has 2 fully saturated rings. The van der Waals surface area contributed by atoms with Gasteiger partial charge in [0.1, 0.15) is 0 Å². The van der Waals surface area contributed by atoms with Crippen LogP contribution in [0.4, 0.5) is 0 Å². The summed E-state index contributed by atoms with van der Waals surface area (Å²) >= 11 is 0. The lowest BCUT2D eigenvalue weighted by Gasteiger charge is -2.47. The highest BCUT2D eigenvalue weighted by molar-refractivity contribution is 5.05. The van der Waals surface area contributed by atoms with Crippen LogP contribution in [0.15, 0.2) is 12.3 Å². The van der Waals surface area contributed by atoms with Gasteiger partial charge in [0.15, 0.2) is 0 Å². The van der Waals surface area contributed by atoms with E-state index in [1.165, 1.54) is 31.4 Å². The van der Waals surface area contributed by atoms with Gasteiger partial charge >= 0.3 is 0 Å². The van der Waals surface area contributed by atoms with Gasteiger partial charge < -0.3 is 5.32 Å². The largest absolute Gasteiger partial charge is 0.308 e. The molecule has 20 heavy (non-hydrogen) atoms. The summed E-state index contributed by atoms with van der Waals surface area (Å²) in [5, 5.41) is 8.43. The van der Waals surface area contributed by atoms with Gasteiger partial charge in [-0.15, -0.1) is 0 Å². The zero-order valence-corrected chi connectivity index (χ0v) is 13.1. The minimum absolute atomic E-state index is 0.306. The summed E-state index contributed by atoms with van der Waals surface area (Å²) in [5.74, 6) is 0.915. The van der Waals surface area contributed by atoms with Gasteiger partial charge in [0.05, 0.1) is 5.69 Å². The molecule has 3 rings (SSSR count). The first-order valence-electron chi connectivity index (χ1n) is 8.13. The Morgan fingerprint density at radius 2 is 2.10 bits per heavy atom. The second-order valence-electron chi connectivity index (χ2n) is 6.66. The fourth-order valence-corrected chi connectivity index (χ4v) is 3.61. The molecule has 1 saturated heterocycles. The van der Waals surface area contributed by atoms with Crippen LogP contribution in [0.3, 0.4) is 0 Å². The zero-order valence-electron chi connectivity index (χ0n) is 13.1. The molecule has 1 aromatic heterocycles. The van der Waals surface area contributed by atoms with E-state index in [0.717, 1.165) is 25.6 Å². The molecule has 1 aliphatic heterocycles. The number of hydrogen-bond acceptors (Lipinski definition) is 3. The van der Waals surface area contributed by atoms with Crippen molar-refractivity contribution in [2.24, 2.45) is 13.0 Å². The number of hydrogen-bond donors (Lipinski definition) is 1. The molecule has 0 aromatic carbocycles. The van der Waals surface area contributed by atoms with Crippen LogP contribution in [0.25, 0.3) is 0 Å². The van der Waals surface area contributed by atoms with Gasteiger partial charge in [0, 0.05) is 44.5 Å². The molecular weight excluding hydrogens is 248 g/mol. The quantitative estimate of drug-likeness (QED) is 0.894. The van der Waals surface area contributed by atoms with Gasteiger partial charge in [-0.25, -0.2) is 0 Å². The van der Waals surface area contributed by atoms with Gasteiger partial charge in [0.25, 0.3) is 0 Å². The van der Waals surface area contributed by atoms with Crippen LogP contribution in [-0.2, 0) is 13.6 Å². The van der Waals surface area contributed by atoms with Crippen LogP contribution in [-0.4, -0.2) is 39.4 Å². The van der Waals surface area contributed by atoms with Crippen LogP contribution >= 0.6 is 0 Å². The summed E-state index contributed by atoms with van der Waals surface area (Å²) in [6, 6.07) is 2.87. The van der Waals surface area contributed by atoms with Crippen LogP contribution in [0.2, 0.25) is 0 Å². The van der Waals surface area contributed by atoms with Gasteiger partial charge in [-0.2, -0.15) is 5.10 Å². The Morgan fingerprint density at radius 3 is 2.65 bits per heavy atom. The maximum Gasteiger partial charge on any atom is 0.0764 e. The fraction of sp³-hybridized carbons (Fsp3) is 0.812. The molecule has 1 saturated carbocycles. The topological polar surface area (TPSA) is 33.1 Å². The van der Waals surface area contributed by atoms with Crippen molar-refractivity contribution < 1.29 is 0 Å². The van der Waals surface area contributed by atoms with Crippen LogP contribution in [0.1, 0.15) is 45.2 Å². The Labute approximate surface area is 122 Å². The van der Waals surface area contributed by atoms with Gasteiger partial charge in [-0.1, -0.05) is 13.8 Å². The van der Waals surface area contributed by atoms with E-state index >= 15 is 0 Å². The van der Waals surface area contributed by atoms with E-state index < -0.39 is 0 Å². The zero-order chi connectivity index (χ0) is 14.2. The van der Waals surface area contributed by atoms with E-state index in [0.29, 0.717) is 11.6 Å². The third-order valence-electron chi connectivity index (χ3n) is 5.31. The second-order valence-corrected chi connectivity index (χ2v) is 6.66. The lowest BCUT2D eigenvalue weighted by atomic mass is 9.87. The molecule has 112 valence electrons. The lowest BCUT2D eigenvalue weighted by Crippen LogP contribution is -2.64. The average Bonchev–Trinajstić information content (AvgIpc) is 3.22. The van der Waals surface area contributed by atoms with Crippen LogP contribution in [0.5, 0.6) is 0 Å². The van der Waals surface area contributed by atoms with Crippen molar-refractivity contribution in [2.75, 3.05) is 13.1 Å². The first-order valence-corrected chi connectivity index (χ1v) is 8.13. The van der Waals surface area contributed by atoms with E-state index in [9.17, 15) is 0 Å². The molecule has 1 unspecified atom stereocenters. The van der Waals surface area contributed by atoms with Gasteiger partial charge in [-0.05, 0) is 37.7 Å². The molecule has 0 bridgehead atoms. The first-order chi connectivity index (χ1) is 9.65. The molecule has 0 radical (unpaired) electrons. The molecule has 4 nitrogen and oxygen atoms in total. The molecule has 1 aliphatic carbocycles. The first kappa shape index (κ1) is 14.1. The summed E-state index contributed by atoms with van der Waals surface area (Å²) in [4.78, 5) is 2.70. The number of aryl methyl sites for hydroxylation is 1. The molecule has 1 N–H and O–H groups in total. The van der Waals surface area contributed by atoms with E-state index in [-0.39, 0.29) is 0 Å². The second kappa shape index (κ2) is 5.49. The van der Waals surface area contributed by atoms with Crippen molar-refractivity contribution in [1.82, 2.24) is 20.0 Å². The number of nitrogens with zero attached hydrogens (tertiary/aromatic N) is 3. The monoisotopic (exact) mass is 276 g/mol. The fourth-order valence-electron chi connectivity index (χ4n) is 3.61. The third-order valence-corrected chi connectivity index (χ3v) is 5.31.